The molecule has 1 fully saturated rings. The molecule has 1 heterocycles. The SMILES string of the molecule is CCCCCCCCN(CCCCCCCC)C[C@@H]1C[C@H](c2ccc(CO)cc2)O[C@H](c2cccc(NC(=O)N[C@@H](Cc3ccccc3)C(=O)OC)c2)O1. The summed E-state index contributed by atoms with van der Waals surface area (Å²) in [6, 6.07) is 23.6. The number of rotatable bonds is 24. The number of urea groups is 1. The Kier molecular flexibility index (Phi) is 19.6. The third kappa shape index (κ3) is 15.2. The highest BCUT2D eigenvalue weighted by Gasteiger charge is 2.33. The summed E-state index contributed by atoms with van der Waals surface area (Å²) in [5.74, 6) is -0.516. The van der Waals surface area contributed by atoms with E-state index >= 15 is 0 Å². The molecule has 2 amide bonds. The van der Waals surface area contributed by atoms with Crippen LogP contribution in [-0.2, 0) is 32.0 Å². The predicted octanol–water partition coefficient (Wildman–Crippen LogP) is 9.65. The highest BCUT2D eigenvalue weighted by Crippen LogP contribution is 2.39. The van der Waals surface area contributed by atoms with Crippen molar-refractivity contribution < 1.29 is 28.9 Å². The molecule has 9 nitrogen and oxygen atoms in total. The third-order valence-electron chi connectivity index (χ3n) is 10.2. The van der Waals surface area contributed by atoms with Gasteiger partial charge in [0.25, 0.3) is 0 Å². The number of unbranched alkanes of at least 4 members (excludes halogenated alkanes) is 10. The molecule has 4 rings (SSSR count). The molecule has 0 aliphatic carbocycles. The number of methoxy groups -OCH3 is 1. The first-order chi connectivity index (χ1) is 26.4. The Morgan fingerprint density at radius 1 is 0.778 bits per heavy atom. The number of carbonyl (C=O) groups is 2. The topological polar surface area (TPSA) is 109 Å². The Balaban J connectivity index is 1.47. The van der Waals surface area contributed by atoms with Crippen LogP contribution in [0.5, 0.6) is 0 Å². The zero-order chi connectivity index (χ0) is 38.4. The number of carbonyl (C=O) groups excluding carboxylic acids is 2. The molecule has 3 aromatic carbocycles. The van der Waals surface area contributed by atoms with E-state index < -0.39 is 24.3 Å². The summed E-state index contributed by atoms with van der Waals surface area (Å²) in [7, 11) is 1.32. The number of aliphatic hydroxyl groups is 1. The summed E-state index contributed by atoms with van der Waals surface area (Å²) in [4.78, 5) is 28.4. The van der Waals surface area contributed by atoms with Gasteiger partial charge < -0.3 is 34.9 Å². The van der Waals surface area contributed by atoms with E-state index in [0.29, 0.717) is 12.1 Å². The maximum Gasteiger partial charge on any atom is 0.328 e. The van der Waals surface area contributed by atoms with Crippen molar-refractivity contribution in [2.75, 3.05) is 32.1 Å². The van der Waals surface area contributed by atoms with E-state index in [9.17, 15) is 14.7 Å². The van der Waals surface area contributed by atoms with Crippen molar-refractivity contribution in [1.82, 2.24) is 10.2 Å². The van der Waals surface area contributed by atoms with E-state index in [1.807, 2.05) is 78.9 Å². The van der Waals surface area contributed by atoms with Crippen molar-refractivity contribution >= 4 is 17.7 Å². The van der Waals surface area contributed by atoms with Gasteiger partial charge in [-0.15, -0.1) is 0 Å². The summed E-state index contributed by atoms with van der Waals surface area (Å²) in [6.45, 7) is 7.47. The normalized spacial score (nSPS) is 17.6. The van der Waals surface area contributed by atoms with Crippen LogP contribution in [0.4, 0.5) is 10.5 Å². The molecule has 0 unspecified atom stereocenters. The lowest BCUT2D eigenvalue weighted by atomic mass is 9.99. The standard InChI is InChI=1S/C45H65N3O6/c1-4-6-8-10-12-17-28-48(29-18-13-11-9-7-5-2)33-40-32-42(37-26-24-36(34-49)25-27-37)54-44(53-40)38-22-19-23-39(31-38)46-45(51)47-41(43(50)52-3)30-35-20-15-14-16-21-35/h14-16,19-27,31,40-42,44,49H,4-13,17-18,28-30,32-34H2,1-3H3,(H2,46,47,51)/t40-,41-,42+,44+/m0/s1. The first-order valence-electron chi connectivity index (χ1n) is 20.4. The van der Waals surface area contributed by atoms with Crippen molar-refractivity contribution in [2.24, 2.45) is 0 Å². The lowest BCUT2D eigenvalue weighted by Crippen LogP contribution is -2.45. The molecule has 54 heavy (non-hydrogen) atoms. The van der Waals surface area contributed by atoms with Gasteiger partial charge in [0.05, 0.1) is 25.9 Å². The van der Waals surface area contributed by atoms with Gasteiger partial charge in [0.15, 0.2) is 6.29 Å². The Hall–Kier alpha value is -3.76. The molecule has 0 aromatic heterocycles. The van der Waals surface area contributed by atoms with Crippen LogP contribution in [0, 0.1) is 0 Å². The summed E-state index contributed by atoms with van der Waals surface area (Å²) < 4.78 is 18.4. The zero-order valence-electron chi connectivity index (χ0n) is 33.0. The number of amides is 2. The molecule has 0 saturated carbocycles. The number of esters is 1. The number of hydrogen-bond acceptors (Lipinski definition) is 7. The second-order valence-corrected chi connectivity index (χ2v) is 14.7. The predicted molar refractivity (Wildman–Crippen MR) is 216 cm³/mol. The first kappa shape index (κ1) is 43.0. The smallest absolute Gasteiger partial charge is 0.328 e. The van der Waals surface area contributed by atoms with Gasteiger partial charge >= 0.3 is 12.0 Å². The van der Waals surface area contributed by atoms with Crippen molar-refractivity contribution in [3.05, 3.63) is 101 Å². The molecule has 0 bridgehead atoms. The fourth-order valence-electron chi connectivity index (χ4n) is 7.12. The molecule has 0 spiro atoms. The maximum atomic E-state index is 13.2. The van der Waals surface area contributed by atoms with Gasteiger partial charge in [0, 0.05) is 30.6 Å². The van der Waals surface area contributed by atoms with Crippen LogP contribution in [0.2, 0.25) is 0 Å². The summed E-state index contributed by atoms with van der Waals surface area (Å²) in [6.07, 6.45) is 15.3. The molecule has 3 N–H and O–H groups in total. The Morgan fingerprint density at radius 3 is 2.06 bits per heavy atom. The minimum atomic E-state index is -0.847. The third-order valence-corrected chi connectivity index (χ3v) is 10.2. The molecular formula is C45H65N3O6. The summed E-state index contributed by atoms with van der Waals surface area (Å²) in [5.41, 5.74) is 4.17. The van der Waals surface area contributed by atoms with Crippen molar-refractivity contribution in [1.29, 1.82) is 0 Å². The fourth-order valence-corrected chi connectivity index (χ4v) is 7.12. The monoisotopic (exact) mass is 743 g/mol. The number of benzene rings is 3. The number of nitrogens with one attached hydrogen (secondary N) is 2. The second kappa shape index (κ2) is 24.6. The summed E-state index contributed by atoms with van der Waals surface area (Å²) >= 11 is 0. The highest BCUT2D eigenvalue weighted by molar-refractivity contribution is 5.92. The van der Waals surface area contributed by atoms with Gasteiger partial charge in [0.1, 0.15) is 6.04 Å². The van der Waals surface area contributed by atoms with Gasteiger partial charge in [-0.05, 0) is 54.8 Å². The highest BCUT2D eigenvalue weighted by atomic mass is 16.7. The molecule has 0 radical (unpaired) electrons. The number of aliphatic hydroxyl groups excluding tert-OH is 1. The number of nitrogens with zero attached hydrogens (tertiary/aromatic N) is 1. The maximum absolute atomic E-state index is 13.2. The van der Waals surface area contributed by atoms with Crippen molar-refractivity contribution in [3.63, 3.8) is 0 Å². The van der Waals surface area contributed by atoms with Gasteiger partial charge in [-0.2, -0.15) is 0 Å². The fraction of sp³-hybridized carbons (Fsp3) is 0.556. The van der Waals surface area contributed by atoms with Crippen LogP contribution in [0.3, 0.4) is 0 Å². The number of anilines is 1. The Labute approximate surface area is 324 Å². The molecule has 3 aromatic rings. The van der Waals surface area contributed by atoms with E-state index in [2.05, 4.69) is 29.4 Å². The Bertz CT molecular complexity index is 1470. The van der Waals surface area contributed by atoms with Gasteiger partial charge in [-0.25, -0.2) is 9.59 Å². The molecular weight excluding hydrogens is 679 g/mol. The molecule has 1 saturated heterocycles. The zero-order valence-corrected chi connectivity index (χ0v) is 33.0. The lowest BCUT2D eigenvalue weighted by molar-refractivity contribution is -0.253. The summed E-state index contributed by atoms with van der Waals surface area (Å²) in [5, 5.41) is 15.3. The van der Waals surface area contributed by atoms with Crippen LogP contribution in [0.25, 0.3) is 0 Å². The molecule has 9 heteroatoms. The van der Waals surface area contributed by atoms with Crippen molar-refractivity contribution in [2.45, 2.75) is 135 Å². The van der Waals surface area contributed by atoms with E-state index in [1.54, 1.807) is 0 Å². The van der Waals surface area contributed by atoms with E-state index in [4.69, 9.17) is 14.2 Å². The van der Waals surface area contributed by atoms with Crippen molar-refractivity contribution in [3.8, 4) is 0 Å². The molecule has 1 aliphatic heterocycles. The van der Waals surface area contributed by atoms with E-state index in [1.165, 1.54) is 84.2 Å². The molecule has 4 atom stereocenters. The van der Waals surface area contributed by atoms with Gasteiger partial charge in [-0.1, -0.05) is 145 Å². The second-order valence-electron chi connectivity index (χ2n) is 14.7. The molecule has 296 valence electrons. The lowest BCUT2D eigenvalue weighted by Gasteiger charge is -2.38. The van der Waals surface area contributed by atoms with Crippen LogP contribution in [-0.4, -0.2) is 60.9 Å². The quantitative estimate of drug-likeness (QED) is 0.0619. The van der Waals surface area contributed by atoms with Gasteiger partial charge in [-0.3, -0.25) is 0 Å². The number of ether oxygens (including phenoxy) is 3. The van der Waals surface area contributed by atoms with E-state index in [0.717, 1.165) is 48.3 Å². The van der Waals surface area contributed by atoms with Crippen LogP contribution in [0.15, 0.2) is 78.9 Å². The number of hydrogen-bond donors (Lipinski definition) is 3. The van der Waals surface area contributed by atoms with Crippen LogP contribution in [0.1, 0.15) is 132 Å². The average molecular weight is 744 g/mol. The largest absolute Gasteiger partial charge is 0.467 e. The Morgan fingerprint density at radius 2 is 1.43 bits per heavy atom. The average Bonchev–Trinajstić information content (AvgIpc) is 3.20. The minimum Gasteiger partial charge on any atom is -0.467 e. The molecule has 1 aliphatic rings. The van der Waals surface area contributed by atoms with Gasteiger partial charge in [0.2, 0.25) is 0 Å². The van der Waals surface area contributed by atoms with Crippen LogP contribution < -0.4 is 10.6 Å². The minimum absolute atomic E-state index is 0.00792. The van der Waals surface area contributed by atoms with E-state index in [-0.39, 0.29) is 18.8 Å². The first-order valence-corrected chi connectivity index (χ1v) is 20.4. The van der Waals surface area contributed by atoms with Crippen LogP contribution >= 0.6 is 0 Å².